The van der Waals surface area contributed by atoms with Crippen LogP contribution in [0.2, 0.25) is 0 Å². The number of ether oxygens (including phenoxy) is 1. The van der Waals surface area contributed by atoms with Gasteiger partial charge in [0.2, 0.25) is 0 Å². The van der Waals surface area contributed by atoms with Gasteiger partial charge in [-0.3, -0.25) is 0 Å². The highest BCUT2D eigenvalue weighted by molar-refractivity contribution is 9.10. The summed E-state index contributed by atoms with van der Waals surface area (Å²) in [5.41, 5.74) is 0.936. The van der Waals surface area contributed by atoms with E-state index in [1.807, 2.05) is 7.05 Å². The van der Waals surface area contributed by atoms with Gasteiger partial charge in [-0.05, 0) is 27.8 Å². The third-order valence-electron chi connectivity index (χ3n) is 3.30. The average molecular weight is 342 g/mol. The van der Waals surface area contributed by atoms with Crippen LogP contribution in [0, 0.1) is 5.41 Å². The topological polar surface area (TPSA) is 64.9 Å². The molecule has 0 unspecified atom stereocenters. The van der Waals surface area contributed by atoms with E-state index < -0.39 is 0 Å². The molecule has 0 aliphatic heterocycles. The number of hydrogen-bond acceptors (Lipinski definition) is 5. The summed E-state index contributed by atoms with van der Waals surface area (Å²) in [6.45, 7) is 5.97. The molecule has 0 saturated heterocycles. The number of nitrogens with zero attached hydrogens (tertiary/aromatic N) is 4. The Balaban J connectivity index is 2.18. The molecule has 7 heteroatoms. The highest BCUT2D eigenvalue weighted by atomic mass is 79.9. The van der Waals surface area contributed by atoms with Gasteiger partial charge in [0.1, 0.15) is 16.7 Å². The number of aryl methyl sites for hydroxylation is 1. The average Bonchev–Trinajstić information content (AvgIpc) is 2.70. The fourth-order valence-electron chi connectivity index (χ4n) is 1.96. The van der Waals surface area contributed by atoms with Crippen molar-refractivity contribution in [3.63, 3.8) is 0 Å². The Morgan fingerprint density at radius 3 is 2.85 bits per heavy atom. The first kappa shape index (κ1) is 15.2. The highest BCUT2D eigenvalue weighted by Crippen LogP contribution is 2.28. The monoisotopic (exact) mass is 341 g/mol. The molecule has 0 saturated carbocycles. The molecule has 0 aliphatic rings. The van der Waals surface area contributed by atoms with E-state index >= 15 is 0 Å². The van der Waals surface area contributed by atoms with Crippen LogP contribution in [0.15, 0.2) is 10.9 Å². The number of halogens is 1. The molecule has 6 nitrogen and oxygen atoms in total. The summed E-state index contributed by atoms with van der Waals surface area (Å²) in [5, 5.41) is 8.63. The molecule has 2 aromatic heterocycles. The van der Waals surface area contributed by atoms with Crippen LogP contribution in [0.1, 0.15) is 20.3 Å². The third kappa shape index (κ3) is 3.27. The molecule has 2 heterocycles. The number of methoxy groups -OCH3 is 1. The lowest BCUT2D eigenvalue weighted by molar-refractivity contribution is 0.157. The summed E-state index contributed by atoms with van der Waals surface area (Å²) in [6, 6.07) is 0. The normalized spacial score (nSPS) is 12.1. The van der Waals surface area contributed by atoms with Crippen molar-refractivity contribution >= 4 is 32.8 Å². The van der Waals surface area contributed by atoms with Crippen LogP contribution in [0.5, 0.6) is 0 Å². The van der Waals surface area contributed by atoms with Crippen LogP contribution < -0.4 is 5.32 Å². The molecule has 0 aromatic carbocycles. The van der Waals surface area contributed by atoms with Crippen molar-refractivity contribution < 1.29 is 4.74 Å². The van der Waals surface area contributed by atoms with E-state index in [9.17, 15) is 0 Å². The molecule has 0 fully saturated rings. The van der Waals surface area contributed by atoms with Gasteiger partial charge in [-0.25, -0.2) is 14.6 Å². The maximum absolute atomic E-state index is 5.15. The number of anilines is 1. The predicted octanol–water partition coefficient (Wildman–Crippen LogP) is 2.60. The zero-order chi connectivity index (χ0) is 14.8. The van der Waals surface area contributed by atoms with Crippen molar-refractivity contribution in [2.45, 2.75) is 20.3 Å². The lowest BCUT2D eigenvalue weighted by Crippen LogP contribution is -2.25. The number of fused-ring (bicyclic) bond motifs is 1. The predicted molar refractivity (Wildman–Crippen MR) is 82.8 cm³/mol. The summed E-state index contributed by atoms with van der Waals surface area (Å²) >= 11 is 3.46. The lowest BCUT2D eigenvalue weighted by Gasteiger charge is -2.24. The van der Waals surface area contributed by atoms with Crippen LogP contribution in [-0.4, -0.2) is 40.0 Å². The fraction of sp³-hybridized carbons (Fsp3) is 0.615. The largest absolute Gasteiger partial charge is 0.385 e. The standard InChI is InChI=1S/C13H20BrN5O/c1-13(2,5-6-20-4)7-15-11-9-10(14)18-19(3)12(9)17-8-16-11/h8H,5-7H2,1-4H3,(H,15,16,17). The van der Waals surface area contributed by atoms with Gasteiger partial charge in [0.05, 0.1) is 5.39 Å². The highest BCUT2D eigenvalue weighted by Gasteiger charge is 2.19. The van der Waals surface area contributed by atoms with Gasteiger partial charge in [0.15, 0.2) is 5.65 Å². The minimum Gasteiger partial charge on any atom is -0.385 e. The second-order valence-electron chi connectivity index (χ2n) is 5.60. The van der Waals surface area contributed by atoms with E-state index in [2.05, 4.69) is 50.2 Å². The Morgan fingerprint density at radius 2 is 2.15 bits per heavy atom. The molecule has 2 rings (SSSR count). The Bertz CT molecular complexity index is 596. The molecule has 0 aliphatic carbocycles. The molecular weight excluding hydrogens is 322 g/mol. The summed E-state index contributed by atoms with van der Waals surface area (Å²) in [7, 11) is 3.59. The molecule has 0 atom stereocenters. The molecule has 0 bridgehead atoms. The molecule has 20 heavy (non-hydrogen) atoms. The maximum Gasteiger partial charge on any atom is 0.164 e. The van der Waals surface area contributed by atoms with E-state index in [1.165, 1.54) is 0 Å². The summed E-state index contributed by atoms with van der Waals surface area (Å²) in [5.74, 6) is 0.806. The van der Waals surface area contributed by atoms with E-state index in [-0.39, 0.29) is 5.41 Å². The molecule has 110 valence electrons. The van der Waals surface area contributed by atoms with Crippen molar-refractivity contribution in [1.29, 1.82) is 0 Å². The van der Waals surface area contributed by atoms with Gasteiger partial charge >= 0.3 is 0 Å². The summed E-state index contributed by atoms with van der Waals surface area (Å²) < 4.78 is 7.64. The van der Waals surface area contributed by atoms with Crippen LogP contribution in [0.25, 0.3) is 11.0 Å². The van der Waals surface area contributed by atoms with Crippen LogP contribution >= 0.6 is 15.9 Å². The number of rotatable bonds is 6. The zero-order valence-electron chi connectivity index (χ0n) is 12.3. The van der Waals surface area contributed by atoms with Gasteiger partial charge < -0.3 is 10.1 Å². The van der Waals surface area contributed by atoms with E-state index in [1.54, 1.807) is 18.1 Å². The summed E-state index contributed by atoms with van der Waals surface area (Å²) in [4.78, 5) is 8.58. The third-order valence-corrected chi connectivity index (χ3v) is 3.85. The number of aromatic nitrogens is 4. The maximum atomic E-state index is 5.15. The molecular formula is C13H20BrN5O. The minimum absolute atomic E-state index is 0.127. The first-order chi connectivity index (χ1) is 9.44. The van der Waals surface area contributed by atoms with Crippen molar-refractivity contribution in [2.75, 3.05) is 25.6 Å². The van der Waals surface area contributed by atoms with E-state index in [4.69, 9.17) is 4.74 Å². The van der Waals surface area contributed by atoms with Crippen LogP contribution in [0.3, 0.4) is 0 Å². The Morgan fingerprint density at radius 1 is 1.40 bits per heavy atom. The van der Waals surface area contributed by atoms with Crippen molar-refractivity contribution in [2.24, 2.45) is 12.5 Å². The Hall–Kier alpha value is -1.21. The smallest absolute Gasteiger partial charge is 0.164 e. The van der Waals surface area contributed by atoms with Crippen molar-refractivity contribution in [1.82, 2.24) is 19.7 Å². The van der Waals surface area contributed by atoms with Gasteiger partial charge in [0.25, 0.3) is 0 Å². The molecule has 1 N–H and O–H groups in total. The van der Waals surface area contributed by atoms with E-state index in [0.717, 1.165) is 41.0 Å². The van der Waals surface area contributed by atoms with Crippen LogP contribution in [0.4, 0.5) is 5.82 Å². The Labute approximate surface area is 127 Å². The number of nitrogens with one attached hydrogen (secondary N) is 1. The second-order valence-corrected chi connectivity index (χ2v) is 6.35. The Kier molecular flexibility index (Phi) is 4.59. The quantitative estimate of drug-likeness (QED) is 0.874. The first-order valence-corrected chi connectivity index (χ1v) is 7.30. The van der Waals surface area contributed by atoms with Gasteiger partial charge in [-0.2, -0.15) is 5.10 Å². The molecule has 0 radical (unpaired) electrons. The molecule has 0 amide bonds. The van der Waals surface area contributed by atoms with Gasteiger partial charge in [-0.15, -0.1) is 0 Å². The van der Waals surface area contributed by atoms with Crippen molar-refractivity contribution in [3.05, 3.63) is 10.9 Å². The zero-order valence-corrected chi connectivity index (χ0v) is 13.9. The fourth-order valence-corrected chi connectivity index (χ4v) is 2.57. The first-order valence-electron chi connectivity index (χ1n) is 6.50. The second kappa shape index (κ2) is 6.05. The molecule has 2 aromatic rings. The minimum atomic E-state index is 0.127. The van der Waals surface area contributed by atoms with Crippen molar-refractivity contribution in [3.8, 4) is 0 Å². The van der Waals surface area contributed by atoms with Gasteiger partial charge in [0, 0.05) is 27.3 Å². The van der Waals surface area contributed by atoms with E-state index in [0.29, 0.717) is 0 Å². The lowest BCUT2D eigenvalue weighted by atomic mass is 9.90. The number of hydrogen-bond donors (Lipinski definition) is 1. The van der Waals surface area contributed by atoms with Crippen LogP contribution in [-0.2, 0) is 11.8 Å². The molecule has 0 spiro atoms. The summed E-state index contributed by atoms with van der Waals surface area (Å²) in [6.07, 6.45) is 2.54. The van der Waals surface area contributed by atoms with Gasteiger partial charge in [-0.1, -0.05) is 13.8 Å². The SMILES string of the molecule is COCCC(C)(C)CNc1ncnc2c1c(Br)nn2C.